The molecule has 18 heavy (non-hydrogen) atoms. The van der Waals surface area contributed by atoms with Crippen LogP contribution in [0.1, 0.15) is 42.1 Å². The third-order valence-corrected chi connectivity index (χ3v) is 3.09. The minimum absolute atomic E-state index is 0.000301. The molecule has 0 amide bonds. The number of carbonyl (C=O) groups is 1. The summed E-state index contributed by atoms with van der Waals surface area (Å²) in [7, 11) is 0. The van der Waals surface area contributed by atoms with E-state index in [0.717, 1.165) is 17.7 Å². The Bertz CT molecular complexity index is 516. The molecule has 1 heterocycles. The summed E-state index contributed by atoms with van der Waals surface area (Å²) in [6.45, 7) is 3.90. The third kappa shape index (κ3) is 2.86. The second kappa shape index (κ2) is 5.63. The number of hydrogen-bond donors (Lipinski definition) is 0. The first-order chi connectivity index (χ1) is 8.70. The molecule has 1 aromatic carbocycles. The van der Waals surface area contributed by atoms with Crippen LogP contribution in [0.2, 0.25) is 0 Å². The molecular formula is C15H17NO2. The molecule has 3 nitrogen and oxygen atoms in total. The molecule has 0 saturated carbocycles. The number of ketones is 1. The summed E-state index contributed by atoms with van der Waals surface area (Å²) in [5, 5.41) is 3.86. The Labute approximate surface area is 107 Å². The van der Waals surface area contributed by atoms with Gasteiger partial charge in [0.25, 0.3) is 0 Å². The van der Waals surface area contributed by atoms with Gasteiger partial charge in [-0.3, -0.25) is 4.79 Å². The number of rotatable bonds is 5. The van der Waals surface area contributed by atoms with E-state index in [0.29, 0.717) is 12.1 Å². The van der Waals surface area contributed by atoms with Gasteiger partial charge in [0.15, 0.2) is 5.78 Å². The summed E-state index contributed by atoms with van der Waals surface area (Å²) < 4.78 is 5.21. The van der Waals surface area contributed by atoms with Crippen molar-refractivity contribution in [2.75, 3.05) is 0 Å². The maximum atomic E-state index is 11.9. The topological polar surface area (TPSA) is 43.1 Å². The van der Waals surface area contributed by atoms with Crippen LogP contribution in [0, 0.1) is 5.92 Å². The van der Waals surface area contributed by atoms with Gasteiger partial charge in [-0.2, -0.15) is 0 Å². The predicted molar refractivity (Wildman–Crippen MR) is 69.5 cm³/mol. The fourth-order valence-corrected chi connectivity index (χ4v) is 1.75. The molecule has 0 aliphatic carbocycles. The lowest BCUT2D eigenvalue weighted by Gasteiger charge is -2.02. The molecule has 94 valence electrons. The summed E-state index contributed by atoms with van der Waals surface area (Å²) in [4.78, 5) is 11.9. The molecule has 1 unspecified atom stereocenters. The molecule has 0 radical (unpaired) electrons. The first-order valence-electron chi connectivity index (χ1n) is 6.24. The largest absolute Gasteiger partial charge is 0.360 e. The summed E-state index contributed by atoms with van der Waals surface area (Å²) in [6, 6.07) is 11.7. The van der Waals surface area contributed by atoms with Crippen molar-refractivity contribution in [3.8, 4) is 0 Å². The fraction of sp³-hybridized carbons (Fsp3) is 0.333. The molecule has 0 spiro atoms. The van der Waals surface area contributed by atoms with Gasteiger partial charge in [-0.15, -0.1) is 0 Å². The smallest absolute Gasteiger partial charge is 0.187 e. The summed E-state index contributed by atoms with van der Waals surface area (Å²) in [5.41, 5.74) is 1.59. The molecule has 1 aromatic heterocycles. The van der Waals surface area contributed by atoms with Crippen LogP contribution in [0.25, 0.3) is 0 Å². The van der Waals surface area contributed by atoms with Crippen LogP contribution in [0.5, 0.6) is 0 Å². The molecule has 0 N–H and O–H groups in total. The van der Waals surface area contributed by atoms with Crippen molar-refractivity contribution in [3.05, 3.63) is 53.4 Å². The van der Waals surface area contributed by atoms with E-state index in [4.69, 9.17) is 4.52 Å². The van der Waals surface area contributed by atoms with E-state index in [1.807, 2.05) is 44.2 Å². The maximum absolute atomic E-state index is 11.9. The number of benzene rings is 1. The molecule has 2 rings (SSSR count). The van der Waals surface area contributed by atoms with Crippen molar-refractivity contribution >= 4 is 5.78 Å². The van der Waals surface area contributed by atoms with Gasteiger partial charge >= 0.3 is 0 Å². The van der Waals surface area contributed by atoms with E-state index >= 15 is 0 Å². The summed E-state index contributed by atoms with van der Waals surface area (Å²) >= 11 is 0. The zero-order valence-electron chi connectivity index (χ0n) is 10.7. The van der Waals surface area contributed by atoms with Crippen LogP contribution in [0.4, 0.5) is 0 Å². The highest BCUT2D eigenvalue weighted by atomic mass is 16.5. The molecular weight excluding hydrogens is 226 g/mol. The van der Waals surface area contributed by atoms with Gasteiger partial charge in [-0.1, -0.05) is 49.3 Å². The second-order valence-electron chi connectivity index (χ2n) is 4.51. The quantitative estimate of drug-likeness (QED) is 0.755. The zero-order chi connectivity index (χ0) is 13.0. The SMILES string of the molecule is CCC(C)C(=O)c1cc(Cc2ccccc2)on1. The van der Waals surface area contributed by atoms with Crippen LogP contribution in [0.15, 0.2) is 40.9 Å². The van der Waals surface area contributed by atoms with Crippen LogP contribution in [-0.4, -0.2) is 10.9 Å². The van der Waals surface area contributed by atoms with Crippen LogP contribution < -0.4 is 0 Å². The predicted octanol–water partition coefficient (Wildman–Crippen LogP) is 3.49. The Morgan fingerprint density at radius 2 is 2.06 bits per heavy atom. The Morgan fingerprint density at radius 1 is 1.33 bits per heavy atom. The van der Waals surface area contributed by atoms with E-state index in [9.17, 15) is 4.79 Å². The number of Topliss-reactive ketones (excluding diaryl/α,β-unsaturated/α-hetero) is 1. The van der Waals surface area contributed by atoms with Crippen LogP contribution in [0.3, 0.4) is 0 Å². The lowest BCUT2D eigenvalue weighted by Crippen LogP contribution is -2.10. The molecule has 3 heteroatoms. The highest BCUT2D eigenvalue weighted by Gasteiger charge is 2.17. The standard InChI is InChI=1S/C15H17NO2/c1-3-11(2)15(17)14-10-13(18-16-14)9-12-7-5-4-6-8-12/h4-8,10-11H,3,9H2,1-2H3. The number of nitrogens with zero attached hydrogens (tertiary/aromatic N) is 1. The minimum atomic E-state index is -0.000301. The Balaban J connectivity index is 2.09. The van der Waals surface area contributed by atoms with Gasteiger partial charge in [-0.05, 0) is 12.0 Å². The molecule has 0 aliphatic rings. The first-order valence-corrected chi connectivity index (χ1v) is 6.24. The molecule has 0 saturated heterocycles. The van der Waals surface area contributed by atoms with Crippen molar-refractivity contribution in [1.82, 2.24) is 5.16 Å². The number of carbonyl (C=O) groups excluding carboxylic acids is 1. The van der Waals surface area contributed by atoms with Gasteiger partial charge < -0.3 is 4.52 Å². The second-order valence-corrected chi connectivity index (χ2v) is 4.51. The average molecular weight is 243 g/mol. The van der Waals surface area contributed by atoms with Gasteiger partial charge in [0.2, 0.25) is 0 Å². The number of hydrogen-bond acceptors (Lipinski definition) is 3. The van der Waals surface area contributed by atoms with E-state index in [-0.39, 0.29) is 11.7 Å². The summed E-state index contributed by atoms with van der Waals surface area (Å²) in [6.07, 6.45) is 1.49. The highest BCUT2D eigenvalue weighted by molar-refractivity contribution is 5.95. The van der Waals surface area contributed by atoms with Gasteiger partial charge in [-0.25, -0.2) is 0 Å². The lowest BCUT2D eigenvalue weighted by molar-refractivity contribution is 0.0918. The Hall–Kier alpha value is -1.90. The highest BCUT2D eigenvalue weighted by Crippen LogP contribution is 2.15. The molecule has 0 aliphatic heterocycles. The van der Waals surface area contributed by atoms with Gasteiger partial charge in [0, 0.05) is 18.4 Å². The zero-order valence-corrected chi connectivity index (χ0v) is 10.7. The average Bonchev–Trinajstić information content (AvgIpc) is 2.86. The molecule has 2 aromatic rings. The Morgan fingerprint density at radius 3 is 2.72 bits per heavy atom. The molecule has 0 fully saturated rings. The number of aromatic nitrogens is 1. The van der Waals surface area contributed by atoms with Crippen molar-refractivity contribution < 1.29 is 9.32 Å². The van der Waals surface area contributed by atoms with E-state index in [1.54, 1.807) is 6.07 Å². The van der Waals surface area contributed by atoms with Crippen molar-refractivity contribution in [1.29, 1.82) is 0 Å². The molecule has 0 bridgehead atoms. The lowest BCUT2D eigenvalue weighted by atomic mass is 10.0. The van der Waals surface area contributed by atoms with Crippen LogP contribution in [-0.2, 0) is 6.42 Å². The van der Waals surface area contributed by atoms with Crippen molar-refractivity contribution in [2.45, 2.75) is 26.7 Å². The fourth-order valence-electron chi connectivity index (χ4n) is 1.75. The molecule has 1 atom stereocenters. The van der Waals surface area contributed by atoms with E-state index < -0.39 is 0 Å². The van der Waals surface area contributed by atoms with Gasteiger partial charge in [0.1, 0.15) is 11.5 Å². The van der Waals surface area contributed by atoms with Crippen LogP contribution >= 0.6 is 0 Å². The monoisotopic (exact) mass is 243 g/mol. The van der Waals surface area contributed by atoms with Crippen molar-refractivity contribution in [2.24, 2.45) is 5.92 Å². The maximum Gasteiger partial charge on any atom is 0.187 e. The Kier molecular flexibility index (Phi) is 3.92. The third-order valence-electron chi connectivity index (χ3n) is 3.09. The summed E-state index contributed by atoms with van der Waals surface area (Å²) in [5.74, 6) is 0.785. The van der Waals surface area contributed by atoms with E-state index in [1.165, 1.54) is 0 Å². The first kappa shape index (κ1) is 12.6. The van der Waals surface area contributed by atoms with E-state index in [2.05, 4.69) is 5.16 Å². The normalized spacial score (nSPS) is 12.3. The van der Waals surface area contributed by atoms with Crippen molar-refractivity contribution in [3.63, 3.8) is 0 Å². The van der Waals surface area contributed by atoms with Gasteiger partial charge in [0.05, 0.1) is 0 Å². The minimum Gasteiger partial charge on any atom is -0.360 e.